The zero-order valence-electron chi connectivity index (χ0n) is 12.6. The monoisotopic (exact) mass is 381 g/mol. The maximum absolute atomic E-state index is 12.4. The number of benzene rings is 1. The number of amides is 1. The van der Waals surface area contributed by atoms with Gasteiger partial charge >= 0.3 is 0 Å². The van der Waals surface area contributed by atoms with Gasteiger partial charge in [-0.2, -0.15) is 0 Å². The van der Waals surface area contributed by atoms with Crippen molar-refractivity contribution in [3.05, 3.63) is 52.2 Å². The Balaban J connectivity index is 1.72. The summed E-state index contributed by atoms with van der Waals surface area (Å²) in [6.07, 6.45) is 0. The fourth-order valence-electron chi connectivity index (χ4n) is 2.05. The van der Waals surface area contributed by atoms with E-state index in [0.29, 0.717) is 11.7 Å². The highest BCUT2D eigenvalue weighted by Crippen LogP contribution is 2.15. The minimum Gasteiger partial charge on any atom is -0.301 e. The summed E-state index contributed by atoms with van der Waals surface area (Å²) in [6, 6.07) is 9.69. The molecule has 1 amide bonds. The molecule has 0 atom stereocenters. The van der Waals surface area contributed by atoms with Crippen LogP contribution in [-0.4, -0.2) is 31.8 Å². The van der Waals surface area contributed by atoms with Gasteiger partial charge in [0.1, 0.15) is 0 Å². The SMILES string of the molecule is O=C(NC1=NCCS1)c1cccc(S(=O)(=O)NCc2cccs2)c1. The fourth-order valence-corrected chi connectivity index (χ4v) is 4.56. The third-order valence-electron chi connectivity index (χ3n) is 3.23. The lowest BCUT2D eigenvalue weighted by molar-refractivity contribution is 0.0978. The second kappa shape index (κ2) is 7.47. The van der Waals surface area contributed by atoms with Crippen molar-refractivity contribution >= 4 is 44.2 Å². The molecular formula is C15H15N3O3S3. The van der Waals surface area contributed by atoms with Crippen molar-refractivity contribution in [2.45, 2.75) is 11.4 Å². The first-order valence-electron chi connectivity index (χ1n) is 7.15. The lowest BCUT2D eigenvalue weighted by Crippen LogP contribution is -2.28. The lowest BCUT2D eigenvalue weighted by atomic mass is 10.2. The summed E-state index contributed by atoms with van der Waals surface area (Å²) in [5.41, 5.74) is 0.282. The van der Waals surface area contributed by atoms with Gasteiger partial charge in [-0.05, 0) is 29.6 Å². The van der Waals surface area contributed by atoms with Crippen LogP contribution in [0.15, 0.2) is 51.7 Å². The first kappa shape index (κ1) is 17.2. The van der Waals surface area contributed by atoms with Crippen molar-refractivity contribution in [2.24, 2.45) is 4.99 Å². The summed E-state index contributed by atoms with van der Waals surface area (Å²) in [5.74, 6) is 0.481. The predicted octanol–water partition coefficient (Wildman–Crippen LogP) is 2.06. The molecule has 0 spiro atoms. The highest BCUT2D eigenvalue weighted by atomic mass is 32.2. The number of sulfonamides is 1. The number of hydrogen-bond donors (Lipinski definition) is 2. The topological polar surface area (TPSA) is 87.6 Å². The Labute approximate surface area is 148 Å². The van der Waals surface area contributed by atoms with E-state index in [1.54, 1.807) is 12.1 Å². The van der Waals surface area contributed by atoms with E-state index < -0.39 is 10.0 Å². The molecule has 126 valence electrons. The van der Waals surface area contributed by atoms with Crippen LogP contribution in [0.2, 0.25) is 0 Å². The zero-order valence-corrected chi connectivity index (χ0v) is 15.0. The van der Waals surface area contributed by atoms with E-state index in [9.17, 15) is 13.2 Å². The van der Waals surface area contributed by atoms with Crippen LogP contribution in [0.1, 0.15) is 15.2 Å². The van der Waals surface area contributed by atoms with Gasteiger partial charge in [0.25, 0.3) is 5.91 Å². The Bertz CT molecular complexity index is 861. The fraction of sp³-hybridized carbons (Fsp3) is 0.200. The molecule has 0 radical (unpaired) electrons. The molecule has 2 N–H and O–H groups in total. The third-order valence-corrected chi connectivity index (χ3v) is 6.40. The Morgan fingerprint density at radius 3 is 2.83 bits per heavy atom. The highest BCUT2D eigenvalue weighted by molar-refractivity contribution is 8.14. The molecule has 3 rings (SSSR count). The number of aliphatic imine (C=N–C) groups is 1. The number of carbonyl (C=O) groups excluding carboxylic acids is 1. The summed E-state index contributed by atoms with van der Waals surface area (Å²) in [4.78, 5) is 17.3. The number of thioether (sulfide) groups is 1. The number of carbonyl (C=O) groups is 1. The summed E-state index contributed by atoms with van der Waals surface area (Å²) in [6.45, 7) is 0.908. The van der Waals surface area contributed by atoms with E-state index in [4.69, 9.17) is 0 Å². The van der Waals surface area contributed by atoms with Crippen molar-refractivity contribution in [1.29, 1.82) is 0 Å². The van der Waals surface area contributed by atoms with Gasteiger partial charge in [-0.3, -0.25) is 9.79 Å². The first-order valence-corrected chi connectivity index (χ1v) is 10.5. The molecule has 1 aromatic carbocycles. The van der Waals surface area contributed by atoms with E-state index in [-0.39, 0.29) is 22.9 Å². The van der Waals surface area contributed by atoms with E-state index >= 15 is 0 Å². The van der Waals surface area contributed by atoms with Crippen molar-refractivity contribution in [1.82, 2.24) is 10.0 Å². The lowest BCUT2D eigenvalue weighted by Gasteiger charge is -2.08. The molecule has 1 aliphatic rings. The average molecular weight is 382 g/mol. The number of amidine groups is 1. The number of nitrogens with zero attached hydrogens (tertiary/aromatic N) is 1. The minimum absolute atomic E-state index is 0.0627. The molecule has 2 heterocycles. The quantitative estimate of drug-likeness (QED) is 0.830. The van der Waals surface area contributed by atoms with Gasteiger partial charge in [-0.1, -0.05) is 23.9 Å². The van der Waals surface area contributed by atoms with E-state index in [1.807, 2.05) is 17.5 Å². The Hall–Kier alpha value is -1.68. The number of nitrogens with one attached hydrogen (secondary N) is 2. The van der Waals surface area contributed by atoms with Crippen LogP contribution in [0.5, 0.6) is 0 Å². The van der Waals surface area contributed by atoms with E-state index in [0.717, 1.165) is 10.6 Å². The van der Waals surface area contributed by atoms with Crippen LogP contribution in [0.4, 0.5) is 0 Å². The van der Waals surface area contributed by atoms with Crippen molar-refractivity contribution < 1.29 is 13.2 Å². The van der Waals surface area contributed by atoms with Gasteiger partial charge in [-0.25, -0.2) is 13.1 Å². The minimum atomic E-state index is -3.68. The van der Waals surface area contributed by atoms with E-state index in [1.165, 1.54) is 35.2 Å². The van der Waals surface area contributed by atoms with Crippen LogP contribution in [0.25, 0.3) is 0 Å². The maximum Gasteiger partial charge on any atom is 0.257 e. The van der Waals surface area contributed by atoms with Crippen LogP contribution in [0, 0.1) is 0 Å². The molecule has 0 unspecified atom stereocenters. The molecule has 1 aromatic heterocycles. The van der Waals surface area contributed by atoms with Crippen LogP contribution >= 0.6 is 23.1 Å². The molecular weight excluding hydrogens is 366 g/mol. The molecule has 0 saturated heterocycles. The van der Waals surface area contributed by atoms with Gasteiger partial charge in [0, 0.05) is 22.7 Å². The molecule has 6 nitrogen and oxygen atoms in total. The molecule has 0 saturated carbocycles. The van der Waals surface area contributed by atoms with Gasteiger partial charge < -0.3 is 5.32 Å². The van der Waals surface area contributed by atoms with Crippen molar-refractivity contribution in [2.75, 3.05) is 12.3 Å². The molecule has 2 aromatic rings. The normalized spacial score (nSPS) is 14.4. The summed E-state index contributed by atoms with van der Waals surface area (Å²) in [7, 11) is -3.68. The summed E-state index contributed by atoms with van der Waals surface area (Å²) < 4.78 is 27.3. The van der Waals surface area contributed by atoms with Crippen LogP contribution in [-0.2, 0) is 16.6 Å². The second-order valence-electron chi connectivity index (χ2n) is 4.92. The maximum atomic E-state index is 12.4. The molecule has 0 aliphatic carbocycles. The zero-order chi connectivity index (χ0) is 17.0. The van der Waals surface area contributed by atoms with Gasteiger partial charge in [0.15, 0.2) is 5.17 Å². The van der Waals surface area contributed by atoms with Gasteiger partial charge in [-0.15, -0.1) is 11.3 Å². The smallest absolute Gasteiger partial charge is 0.257 e. The Kier molecular flexibility index (Phi) is 5.34. The molecule has 0 fully saturated rings. The van der Waals surface area contributed by atoms with Gasteiger partial charge in [0.05, 0.1) is 11.4 Å². The third kappa shape index (κ3) is 4.23. The van der Waals surface area contributed by atoms with Crippen LogP contribution < -0.4 is 10.0 Å². The molecule has 0 bridgehead atoms. The average Bonchev–Trinajstić information content (AvgIpc) is 3.27. The molecule has 1 aliphatic heterocycles. The highest BCUT2D eigenvalue weighted by Gasteiger charge is 2.18. The molecule has 24 heavy (non-hydrogen) atoms. The molecule has 9 heteroatoms. The van der Waals surface area contributed by atoms with Crippen LogP contribution in [0.3, 0.4) is 0 Å². The number of rotatable bonds is 5. The second-order valence-corrected chi connectivity index (χ2v) is 8.80. The Morgan fingerprint density at radius 2 is 2.12 bits per heavy atom. The number of hydrogen-bond acceptors (Lipinski definition) is 6. The largest absolute Gasteiger partial charge is 0.301 e. The Morgan fingerprint density at radius 1 is 1.25 bits per heavy atom. The summed E-state index contributed by atoms with van der Waals surface area (Å²) in [5, 5.41) is 5.15. The van der Waals surface area contributed by atoms with E-state index in [2.05, 4.69) is 15.0 Å². The van der Waals surface area contributed by atoms with Gasteiger partial charge in [0.2, 0.25) is 10.0 Å². The standard InChI is InChI=1S/C15H15N3O3S3/c19-14(18-15-16-6-8-23-15)11-3-1-5-13(9-11)24(20,21)17-10-12-4-2-7-22-12/h1-5,7,9,17H,6,8,10H2,(H,16,18,19). The summed E-state index contributed by atoms with van der Waals surface area (Å²) >= 11 is 2.95. The number of thiophene rings is 1. The van der Waals surface area contributed by atoms with Crippen molar-refractivity contribution in [3.63, 3.8) is 0 Å². The first-order chi connectivity index (χ1) is 11.5. The predicted molar refractivity (Wildman–Crippen MR) is 97.0 cm³/mol. The van der Waals surface area contributed by atoms with Crippen molar-refractivity contribution in [3.8, 4) is 0 Å².